The summed E-state index contributed by atoms with van der Waals surface area (Å²) in [5.41, 5.74) is 3.62. The van der Waals surface area contributed by atoms with Gasteiger partial charge in [-0.25, -0.2) is 17.2 Å². The summed E-state index contributed by atoms with van der Waals surface area (Å²) < 4.78 is 129. The average molecular weight is 785 g/mol. The van der Waals surface area contributed by atoms with Gasteiger partial charge in [0.05, 0.1) is 51.7 Å². The highest BCUT2D eigenvalue weighted by Gasteiger charge is 2.55. The standard InChI is InChI=1S/C33H28ClF7N8O3S/c1-4-16-10-22-29(33(39,40)41)45-49(30(22)32(16,37)38)14-25(50)44-24(9-15-7-17(35)11-18(36)8-15)27-21(12-19(42)13-43-27)20-5-6-23(34)26-28(20)48(2)46-31(26)47-53(3,51)52/h4-8,11-13,16,24H,1,9-10,14,42H2,2-3H3,(H,44,50)(H,46,47). The highest BCUT2D eigenvalue weighted by atomic mass is 35.5. The van der Waals surface area contributed by atoms with Crippen molar-refractivity contribution in [3.05, 3.63) is 100 Å². The van der Waals surface area contributed by atoms with Crippen molar-refractivity contribution in [2.75, 3.05) is 16.7 Å². The zero-order valence-electron chi connectivity index (χ0n) is 27.6. The number of aromatic nitrogens is 5. The van der Waals surface area contributed by atoms with Crippen LogP contribution < -0.4 is 15.8 Å². The zero-order chi connectivity index (χ0) is 38.8. The minimum Gasteiger partial charge on any atom is -0.397 e. The number of allylic oxidation sites excluding steroid dienone is 1. The van der Waals surface area contributed by atoms with E-state index in [1.807, 2.05) is 0 Å². The number of pyridine rings is 1. The van der Waals surface area contributed by atoms with E-state index >= 15 is 8.78 Å². The Morgan fingerprint density at radius 1 is 1.15 bits per heavy atom. The van der Waals surface area contributed by atoms with Gasteiger partial charge < -0.3 is 11.1 Å². The molecule has 1 amide bonds. The molecular weight excluding hydrogens is 757 g/mol. The molecular formula is C33H28ClF7N8O3S. The molecule has 0 radical (unpaired) electrons. The van der Waals surface area contributed by atoms with Crippen molar-refractivity contribution in [2.24, 2.45) is 13.0 Å². The Balaban J connectivity index is 1.48. The van der Waals surface area contributed by atoms with Gasteiger partial charge in [-0.3, -0.25) is 23.9 Å². The summed E-state index contributed by atoms with van der Waals surface area (Å²) in [6, 6.07) is 5.65. The second kappa shape index (κ2) is 13.4. The molecule has 0 saturated carbocycles. The van der Waals surface area contributed by atoms with Crippen LogP contribution in [0.5, 0.6) is 0 Å². The van der Waals surface area contributed by atoms with Crippen molar-refractivity contribution in [1.82, 2.24) is 29.9 Å². The number of amides is 1. The molecule has 2 unspecified atom stereocenters. The summed E-state index contributed by atoms with van der Waals surface area (Å²) in [6.45, 7) is 2.20. The maximum atomic E-state index is 15.4. The Morgan fingerprint density at radius 2 is 1.83 bits per heavy atom. The second-order valence-corrected chi connectivity index (χ2v) is 14.6. The molecule has 0 spiro atoms. The number of alkyl halides is 5. The number of hydrogen-bond donors (Lipinski definition) is 3. The van der Waals surface area contributed by atoms with Crippen LogP contribution in [0.2, 0.25) is 5.02 Å². The van der Waals surface area contributed by atoms with Crippen LogP contribution >= 0.6 is 11.6 Å². The summed E-state index contributed by atoms with van der Waals surface area (Å²) in [5.74, 6) is -8.65. The quantitative estimate of drug-likeness (QED) is 0.111. The summed E-state index contributed by atoms with van der Waals surface area (Å²) in [5, 5.41) is 10.5. The van der Waals surface area contributed by atoms with E-state index in [0.29, 0.717) is 16.3 Å². The SMILES string of the molecule is C=CC1Cc2c(C(F)(F)F)nn(CC(=O)NC(Cc3cc(F)cc(F)c3)c3ncc(N)cc3-c3ccc(Cl)c4c(NS(C)(=O)=O)nn(C)c34)c2C1(F)F. The number of carbonyl (C=O) groups is 1. The first-order chi connectivity index (χ1) is 24.7. The molecule has 2 aromatic carbocycles. The van der Waals surface area contributed by atoms with Gasteiger partial charge in [-0.05, 0) is 42.7 Å². The van der Waals surface area contributed by atoms with Crippen molar-refractivity contribution >= 4 is 49.9 Å². The first kappa shape index (κ1) is 37.6. The van der Waals surface area contributed by atoms with Crippen molar-refractivity contribution < 1.29 is 43.9 Å². The van der Waals surface area contributed by atoms with E-state index in [0.717, 1.165) is 24.5 Å². The normalized spacial score (nSPS) is 16.1. The number of carbonyl (C=O) groups excluding carboxylic acids is 1. The molecule has 1 aliphatic carbocycles. The fourth-order valence-electron chi connectivity index (χ4n) is 6.55. The van der Waals surface area contributed by atoms with Crippen LogP contribution in [0.4, 0.5) is 42.2 Å². The van der Waals surface area contributed by atoms with Crippen molar-refractivity contribution in [3.8, 4) is 11.1 Å². The first-order valence-corrected chi connectivity index (χ1v) is 17.8. The molecule has 11 nitrogen and oxygen atoms in total. The predicted octanol–water partition coefficient (Wildman–Crippen LogP) is 6.29. The molecule has 0 aliphatic heterocycles. The summed E-state index contributed by atoms with van der Waals surface area (Å²) in [6.07, 6.45) is -3.23. The van der Waals surface area contributed by atoms with Gasteiger partial charge in [-0.15, -0.1) is 6.58 Å². The molecule has 20 heteroatoms. The molecule has 0 fully saturated rings. The summed E-state index contributed by atoms with van der Waals surface area (Å²) >= 11 is 6.49. The van der Waals surface area contributed by atoms with Gasteiger partial charge in [0.1, 0.15) is 23.9 Å². The fraction of sp³-hybridized carbons (Fsp3) is 0.273. The molecule has 4 N–H and O–H groups in total. The summed E-state index contributed by atoms with van der Waals surface area (Å²) in [7, 11) is -2.33. The molecule has 0 saturated heterocycles. The molecule has 3 heterocycles. The number of sulfonamides is 1. The lowest BCUT2D eigenvalue weighted by molar-refractivity contribution is -0.142. The lowest BCUT2D eigenvalue weighted by Crippen LogP contribution is -2.35. The van der Waals surface area contributed by atoms with E-state index in [-0.39, 0.29) is 50.7 Å². The number of nitrogens with zero attached hydrogens (tertiary/aromatic N) is 5. The van der Waals surface area contributed by atoms with Crippen molar-refractivity contribution in [1.29, 1.82) is 0 Å². The largest absolute Gasteiger partial charge is 0.435 e. The van der Waals surface area contributed by atoms with E-state index < -0.39 is 81.5 Å². The number of fused-ring (bicyclic) bond motifs is 2. The number of nitrogens with two attached hydrogens (primary N) is 1. The third-order valence-corrected chi connectivity index (χ3v) is 9.46. The topological polar surface area (TPSA) is 150 Å². The van der Waals surface area contributed by atoms with E-state index in [1.165, 1.54) is 36.1 Å². The molecule has 0 bridgehead atoms. The van der Waals surface area contributed by atoms with Gasteiger partial charge in [0.2, 0.25) is 15.9 Å². The van der Waals surface area contributed by atoms with Gasteiger partial charge >= 0.3 is 6.18 Å². The minimum absolute atomic E-state index is 0.0124. The third kappa shape index (κ3) is 7.26. The predicted molar refractivity (Wildman–Crippen MR) is 181 cm³/mol. The smallest absolute Gasteiger partial charge is 0.397 e. The number of aryl methyl sites for hydroxylation is 1. The second-order valence-electron chi connectivity index (χ2n) is 12.5. The van der Waals surface area contributed by atoms with E-state index in [9.17, 15) is 35.2 Å². The maximum absolute atomic E-state index is 15.4. The number of anilines is 2. The van der Waals surface area contributed by atoms with Gasteiger partial charge in [0, 0.05) is 29.8 Å². The van der Waals surface area contributed by atoms with Crippen LogP contribution in [0.15, 0.2) is 55.3 Å². The molecule has 6 rings (SSSR count). The van der Waals surface area contributed by atoms with Gasteiger partial charge in [0.15, 0.2) is 11.5 Å². The number of rotatable bonds is 10. The molecule has 5 aromatic rings. The van der Waals surface area contributed by atoms with Crippen LogP contribution in [-0.4, -0.2) is 45.1 Å². The van der Waals surface area contributed by atoms with Gasteiger partial charge in [-0.1, -0.05) is 23.7 Å². The van der Waals surface area contributed by atoms with Crippen LogP contribution in [-0.2, 0) is 53.4 Å². The van der Waals surface area contributed by atoms with E-state index in [4.69, 9.17) is 17.3 Å². The number of nitrogen functional groups attached to an aromatic ring is 1. The molecule has 2 atom stereocenters. The molecule has 1 aliphatic rings. The average Bonchev–Trinajstić information content (AvgIpc) is 3.64. The van der Waals surface area contributed by atoms with Crippen LogP contribution in [0, 0.1) is 17.6 Å². The van der Waals surface area contributed by atoms with Crippen molar-refractivity contribution in [3.63, 3.8) is 0 Å². The van der Waals surface area contributed by atoms with Gasteiger partial charge in [-0.2, -0.15) is 32.1 Å². The number of halogens is 8. The van der Waals surface area contributed by atoms with Crippen LogP contribution in [0.3, 0.4) is 0 Å². The number of nitrogens with one attached hydrogen (secondary N) is 2. The molecule has 53 heavy (non-hydrogen) atoms. The van der Waals surface area contributed by atoms with Crippen molar-refractivity contribution in [2.45, 2.75) is 37.5 Å². The Bertz CT molecular complexity index is 2390. The molecule has 3 aromatic heterocycles. The fourth-order valence-corrected chi connectivity index (χ4v) is 7.28. The summed E-state index contributed by atoms with van der Waals surface area (Å²) in [4.78, 5) is 18.1. The van der Waals surface area contributed by atoms with Gasteiger partial charge in [0.25, 0.3) is 5.92 Å². The van der Waals surface area contributed by atoms with E-state index in [1.54, 1.807) is 0 Å². The third-order valence-electron chi connectivity index (χ3n) is 8.58. The number of hydrogen-bond acceptors (Lipinski definition) is 7. The zero-order valence-corrected chi connectivity index (χ0v) is 29.1. The number of benzene rings is 2. The lowest BCUT2D eigenvalue weighted by atomic mass is 9.94. The highest BCUT2D eigenvalue weighted by molar-refractivity contribution is 7.92. The lowest BCUT2D eigenvalue weighted by Gasteiger charge is -2.23. The molecule has 280 valence electrons. The van der Waals surface area contributed by atoms with Crippen LogP contribution in [0.25, 0.3) is 22.0 Å². The Hall–Kier alpha value is -5.17. The first-order valence-electron chi connectivity index (χ1n) is 15.5. The Kier molecular flexibility index (Phi) is 9.47. The highest BCUT2D eigenvalue weighted by Crippen LogP contribution is 2.50. The maximum Gasteiger partial charge on any atom is 0.435 e. The Labute approximate surface area is 301 Å². The minimum atomic E-state index is -5.11. The van der Waals surface area contributed by atoms with Crippen LogP contribution in [0.1, 0.15) is 34.3 Å². The monoisotopic (exact) mass is 784 g/mol. The van der Waals surface area contributed by atoms with E-state index in [2.05, 4.69) is 31.8 Å². The Morgan fingerprint density at radius 3 is 2.45 bits per heavy atom.